The molecule has 0 aliphatic carbocycles. The maximum absolute atomic E-state index is 11.8. The van der Waals surface area contributed by atoms with Crippen LogP contribution in [-0.4, -0.2) is 38.5 Å². The van der Waals surface area contributed by atoms with Gasteiger partial charge in [-0.1, -0.05) is 11.3 Å². The molecule has 9 heteroatoms. The number of carbonyl (C=O) groups excluding carboxylic acids is 1. The second-order valence-electron chi connectivity index (χ2n) is 3.96. The summed E-state index contributed by atoms with van der Waals surface area (Å²) < 4.78 is 1.35. The predicted octanol–water partition coefficient (Wildman–Crippen LogP) is -0.146. The normalized spacial score (nSPS) is 12.1. The van der Waals surface area contributed by atoms with Gasteiger partial charge in [0.05, 0.1) is 12.7 Å². The number of hydrogen-bond acceptors (Lipinski definition) is 6. The van der Waals surface area contributed by atoms with E-state index in [0.29, 0.717) is 13.1 Å². The second-order valence-corrected chi connectivity index (χ2v) is 4.94. The molecule has 0 bridgehead atoms. The van der Waals surface area contributed by atoms with Gasteiger partial charge in [0.2, 0.25) is 5.91 Å². The number of aromatic carboxylic acids is 1. The largest absolute Gasteiger partial charge is 0.476 e. The predicted molar refractivity (Wildman–Crippen MR) is 71.2 cm³/mol. The van der Waals surface area contributed by atoms with Crippen LogP contribution in [0.1, 0.15) is 21.4 Å². The van der Waals surface area contributed by atoms with Crippen LogP contribution in [0.4, 0.5) is 0 Å². The molecule has 8 nitrogen and oxygen atoms in total. The van der Waals surface area contributed by atoms with Crippen molar-refractivity contribution in [3.8, 4) is 0 Å². The molecule has 1 amide bonds. The highest BCUT2D eigenvalue weighted by Gasteiger charge is 2.16. The van der Waals surface area contributed by atoms with Gasteiger partial charge >= 0.3 is 5.97 Å². The van der Waals surface area contributed by atoms with Crippen molar-refractivity contribution in [3.05, 3.63) is 34.3 Å². The molecular weight excluding hydrogens is 282 g/mol. The molecule has 0 aliphatic heterocycles. The van der Waals surface area contributed by atoms with Crippen molar-refractivity contribution < 1.29 is 14.7 Å². The van der Waals surface area contributed by atoms with E-state index in [1.165, 1.54) is 22.2 Å². The van der Waals surface area contributed by atoms with E-state index < -0.39 is 12.0 Å². The van der Waals surface area contributed by atoms with E-state index in [4.69, 9.17) is 10.8 Å². The highest BCUT2D eigenvalue weighted by Crippen LogP contribution is 2.16. The Hall–Kier alpha value is -2.26. The average molecular weight is 295 g/mol. The Bertz CT molecular complexity index is 595. The number of hydrogen-bond donors (Lipinski definition) is 3. The molecule has 0 saturated heterocycles. The minimum absolute atomic E-state index is 0.133. The van der Waals surface area contributed by atoms with Crippen LogP contribution in [0.25, 0.3) is 0 Å². The first-order valence-corrected chi connectivity index (χ1v) is 6.66. The van der Waals surface area contributed by atoms with E-state index >= 15 is 0 Å². The lowest BCUT2D eigenvalue weighted by molar-refractivity contribution is -0.122. The van der Waals surface area contributed by atoms with Gasteiger partial charge in [-0.15, -0.1) is 16.4 Å². The molecule has 0 radical (unpaired) electrons. The molecular formula is C11H13N5O3S. The molecule has 2 heterocycles. The second kappa shape index (κ2) is 6.26. The first kappa shape index (κ1) is 14.2. The Morgan fingerprint density at radius 2 is 2.35 bits per heavy atom. The number of carbonyl (C=O) groups is 2. The van der Waals surface area contributed by atoms with Crippen LogP contribution in [0, 0.1) is 0 Å². The summed E-state index contributed by atoms with van der Waals surface area (Å²) in [6, 6.07) is 2.93. The maximum Gasteiger partial charge on any atom is 0.358 e. The van der Waals surface area contributed by atoms with Crippen LogP contribution in [0.15, 0.2) is 23.7 Å². The number of carboxylic acids is 1. The summed E-state index contributed by atoms with van der Waals surface area (Å²) in [7, 11) is 0. The molecule has 0 aliphatic rings. The summed E-state index contributed by atoms with van der Waals surface area (Å²) in [4.78, 5) is 23.2. The van der Waals surface area contributed by atoms with Gasteiger partial charge in [0, 0.05) is 11.4 Å². The van der Waals surface area contributed by atoms with Crippen LogP contribution in [0.2, 0.25) is 0 Å². The number of thiophene rings is 1. The smallest absolute Gasteiger partial charge is 0.358 e. The van der Waals surface area contributed by atoms with Crippen molar-refractivity contribution in [2.24, 2.45) is 5.73 Å². The third kappa shape index (κ3) is 3.39. The SMILES string of the molecule is NC(C(=O)NCCn1cc(C(=O)O)nn1)c1cccs1. The monoisotopic (exact) mass is 295 g/mol. The van der Waals surface area contributed by atoms with Crippen molar-refractivity contribution in [2.45, 2.75) is 12.6 Å². The molecule has 20 heavy (non-hydrogen) atoms. The molecule has 0 fully saturated rings. The topological polar surface area (TPSA) is 123 Å². The van der Waals surface area contributed by atoms with Gasteiger partial charge < -0.3 is 16.2 Å². The van der Waals surface area contributed by atoms with Crippen molar-refractivity contribution in [3.63, 3.8) is 0 Å². The summed E-state index contributed by atoms with van der Waals surface area (Å²) in [5.74, 6) is -1.42. The minimum atomic E-state index is -1.14. The lowest BCUT2D eigenvalue weighted by atomic mass is 10.2. The number of nitrogens with one attached hydrogen (secondary N) is 1. The van der Waals surface area contributed by atoms with E-state index in [0.717, 1.165) is 4.88 Å². The number of nitrogens with zero attached hydrogens (tertiary/aromatic N) is 3. The molecule has 4 N–H and O–H groups in total. The zero-order valence-corrected chi connectivity index (χ0v) is 11.2. The number of carboxylic acid groups (broad SMARTS) is 1. The summed E-state index contributed by atoms with van der Waals surface area (Å²) in [5, 5.41) is 20.3. The number of rotatable bonds is 6. The highest BCUT2D eigenvalue weighted by atomic mass is 32.1. The summed E-state index contributed by atoms with van der Waals surface area (Å²) in [5.41, 5.74) is 5.66. The fourth-order valence-electron chi connectivity index (χ4n) is 1.51. The van der Waals surface area contributed by atoms with Gasteiger partial charge in [-0.25, -0.2) is 9.48 Å². The zero-order valence-electron chi connectivity index (χ0n) is 10.4. The third-order valence-electron chi connectivity index (χ3n) is 2.53. The average Bonchev–Trinajstić information content (AvgIpc) is 3.08. The van der Waals surface area contributed by atoms with Crippen molar-refractivity contribution >= 4 is 23.2 Å². The van der Waals surface area contributed by atoms with Crippen LogP contribution < -0.4 is 11.1 Å². The maximum atomic E-state index is 11.8. The van der Waals surface area contributed by atoms with Gasteiger partial charge in [-0.05, 0) is 11.4 Å². The Labute approximate surface area is 118 Å². The number of aromatic nitrogens is 3. The lowest BCUT2D eigenvalue weighted by Gasteiger charge is -2.10. The van der Waals surface area contributed by atoms with Crippen molar-refractivity contribution in [2.75, 3.05) is 6.54 Å². The molecule has 0 spiro atoms. The zero-order chi connectivity index (χ0) is 14.5. The highest BCUT2D eigenvalue weighted by molar-refractivity contribution is 7.10. The fraction of sp³-hybridized carbons (Fsp3) is 0.273. The first-order valence-electron chi connectivity index (χ1n) is 5.78. The Balaban J connectivity index is 1.80. The summed E-state index contributed by atoms with van der Waals surface area (Å²) in [6.07, 6.45) is 1.30. The Morgan fingerprint density at radius 3 is 2.95 bits per heavy atom. The quantitative estimate of drug-likeness (QED) is 0.681. The van der Waals surface area contributed by atoms with Crippen LogP contribution in [-0.2, 0) is 11.3 Å². The fourth-order valence-corrected chi connectivity index (χ4v) is 2.23. The molecule has 1 atom stereocenters. The molecule has 1 unspecified atom stereocenters. The first-order chi connectivity index (χ1) is 9.58. The molecule has 2 rings (SSSR count). The van der Waals surface area contributed by atoms with Crippen LogP contribution >= 0.6 is 11.3 Å². The minimum Gasteiger partial charge on any atom is -0.476 e. The third-order valence-corrected chi connectivity index (χ3v) is 3.49. The van der Waals surface area contributed by atoms with Gasteiger partial charge in [0.25, 0.3) is 0 Å². The molecule has 0 saturated carbocycles. The van der Waals surface area contributed by atoms with Gasteiger partial charge in [-0.3, -0.25) is 4.79 Å². The van der Waals surface area contributed by atoms with E-state index in [2.05, 4.69) is 15.6 Å². The lowest BCUT2D eigenvalue weighted by Crippen LogP contribution is -2.35. The standard InChI is InChI=1S/C11H13N5O3S/c12-9(8-2-1-5-20-8)10(17)13-3-4-16-6-7(11(18)19)14-15-16/h1-2,5-6,9H,3-4,12H2,(H,13,17)(H,18,19). The molecule has 2 aromatic rings. The molecule has 106 valence electrons. The Kier molecular flexibility index (Phi) is 4.43. The van der Waals surface area contributed by atoms with Crippen LogP contribution in [0.3, 0.4) is 0 Å². The summed E-state index contributed by atoms with van der Waals surface area (Å²) in [6.45, 7) is 0.615. The van der Waals surface area contributed by atoms with E-state index in [1.807, 2.05) is 11.4 Å². The van der Waals surface area contributed by atoms with Crippen molar-refractivity contribution in [1.82, 2.24) is 20.3 Å². The van der Waals surface area contributed by atoms with E-state index in [9.17, 15) is 9.59 Å². The van der Waals surface area contributed by atoms with Crippen LogP contribution in [0.5, 0.6) is 0 Å². The molecule has 2 aromatic heterocycles. The summed E-state index contributed by atoms with van der Waals surface area (Å²) >= 11 is 1.42. The molecule has 0 aromatic carbocycles. The van der Waals surface area contributed by atoms with E-state index in [1.54, 1.807) is 6.07 Å². The number of amides is 1. The van der Waals surface area contributed by atoms with Gasteiger partial charge in [0.15, 0.2) is 5.69 Å². The number of nitrogens with two attached hydrogens (primary N) is 1. The van der Waals surface area contributed by atoms with E-state index in [-0.39, 0.29) is 11.6 Å². The van der Waals surface area contributed by atoms with Gasteiger partial charge in [0.1, 0.15) is 6.04 Å². The van der Waals surface area contributed by atoms with Gasteiger partial charge in [-0.2, -0.15) is 0 Å². The Morgan fingerprint density at radius 1 is 1.55 bits per heavy atom. The van der Waals surface area contributed by atoms with Crippen molar-refractivity contribution in [1.29, 1.82) is 0 Å².